The molecule has 0 aliphatic heterocycles. The van der Waals surface area contributed by atoms with Gasteiger partial charge in [-0.2, -0.15) is 11.8 Å². The number of aryl methyl sites for hydroxylation is 1. The Hall–Kier alpha value is -1.46. The third-order valence-corrected chi connectivity index (χ3v) is 3.81. The maximum absolute atomic E-state index is 12.2. The van der Waals surface area contributed by atoms with Gasteiger partial charge in [-0.3, -0.25) is 4.79 Å². The fraction of sp³-hybridized carbons (Fsp3) is 0.400. The van der Waals surface area contributed by atoms with Crippen molar-refractivity contribution in [2.75, 3.05) is 18.6 Å². The van der Waals surface area contributed by atoms with Gasteiger partial charge in [0.2, 0.25) is 0 Å². The molecule has 5 heteroatoms. The third-order valence-electron chi connectivity index (χ3n) is 3.08. The Morgan fingerprint density at radius 3 is 2.95 bits per heavy atom. The monoisotopic (exact) mass is 293 g/mol. The lowest BCUT2D eigenvalue weighted by Crippen LogP contribution is -2.37. The fourth-order valence-electron chi connectivity index (χ4n) is 2.09. The number of fused-ring (bicyclic) bond motifs is 1. The van der Waals surface area contributed by atoms with E-state index in [2.05, 4.69) is 5.32 Å². The lowest BCUT2D eigenvalue weighted by Gasteiger charge is -2.15. The minimum absolute atomic E-state index is 0.0440. The molecule has 0 bridgehead atoms. The number of furan rings is 1. The highest BCUT2D eigenvalue weighted by molar-refractivity contribution is 7.98. The van der Waals surface area contributed by atoms with Gasteiger partial charge in [-0.05, 0) is 37.8 Å². The molecule has 4 nitrogen and oxygen atoms in total. The normalized spacial score (nSPS) is 12.6. The van der Waals surface area contributed by atoms with Crippen LogP contribution in [0.25, 0.3) is 11.0 Å². The lowest BCUT2D eigenvalue weighted by atomic mass is 10.2. The molecule has 0 saturated heterocycles. The molecule has 0 radical (unpaired) electrons. The molecule has 0 aliphatic rings. The van der Waals surface area contributed by atoms with Gasteiger partial charge in [-0.25, -0.2) is 0 Å². The SMILES string of the molecule is CSCC(CCO)NC(=O)c1cc2cc(C)ccc2o1. The van der Waals surface area contributed by atoms with E-state index < -0.39 is 0 Å². The number of nitrogens with one attached hydrogen (secondary N) is 1. The highest BCUT2D eigenvalue weighted by Gasteiger charge is 2.16. The summed E-state index contributed by atoms with van der Waals surface area (Å²) in [6.07, 6.45) is 2.52. The molecular formula is C15H19NO3S. The number of thioether (sulfide) groups is 1. The molecule has 1 unspecified atom stereocenters. The Balaban J connectivity index is 2.13. The van der Waals surface area contributed by atoms with Gasteiger partial charge in [0.15, 0.2) is 5.76 Å². The molecule has 2 aromatic rings. The summed E-state index contributed by atoms with van der Waals surface area (Å²) in [4.78, 5) is 12.2. The standard InChI is InChI=1S/C15H19NO3S/c1-10-3-4-13-11(7-10)8-14(19-13)15(18)16-12(5-6-17)9-20-2/h3-4,7-8,12,17H,5-6,9H2,1-2H3,(H,16,18). The van der Waals surface area contributed by atoms with Gasteiger partial charge in [0, 0.05) is 23.8 Å². The van der Waals surface area contributed by atoms with Crippen molar-refractivity contribution in [1.29, 1.82) is 0 Å². The number of benzene rings is 1. The first kappa shape index (κ1) is 14.9. The summed E-state index contributed by atoms with van der Waals surface area (Å²) in [5.41, 5.74) is 1.84. The maximum Gasteiger partial charge on any atom is 0.287 e. The summed E-state index contributed by atoms with van der Waals surface area (Å²) in [5, 5.41) is 12.8. The van der Waals surface area contributed by atoms with E-state index in [1.165, 1.54) is 0 Å². The Bertz CT molecular complexity index is 588. The molecule has 1 atom stereocenters. The van der Waals surface area contributed by atoms with Crippen LogP contribution in [0.1, 0.15) is 22.5 Å². The van der Waals surface area contributed by atoms with Crippen LogP contribution in [0.3, 0.4) is 0 Å². The third kappa shape index (κ3) is 3.55. The van der Waals surface area contributed by atoms with Crippen LogP contribution >= 0.6 is 11.8 Å². The van der Waals surface area contributed by atoms with Crippen molar-refractivity contribution in [2.24, 2.45) is 0 Å². The Morgan fingerprint density at radius 2 is 2.25 bits per heavy atom. The Labute approximate surface area is 122 Å². The molecular weight excluding hydrogens is 274 g/mol. The van der Waals surface area contributed by atoms with Gasteiger partial charge < -0.3 is 14.8 Å². The molecule has 1 aromatic heterocycles. The summed E-state index contributed by atoms with van der Waals surface area (Å²) < 4.78 is 5.56. The van der Waals surface area contributed by atoms with Crippen molar-refractivity contribution in [2.45, 2.75) is 19.4 Å². The Morgan fingerprint density at radius 1 is 1.45 bits per heavy atom. The summed E-state index contributed by atoms with van der Waals surface area (Å²) in [5.74, 6) is 0.854. The van der Waals surface area contributed by atoms with E-state index in [1.807, 2.05) is 31.4 Å². The molecule has 108 valence electrons. The number of hydrogen-bond donors (Lipinski definition) is 2. The first-order valence-electron chi connectivity index (χ1n) is 6.55. The molecule has 2 N–H and O–H groups in total. The molecule has 1 heterocycles. The van der Waals surface area contributed by atoms with E-state index >= 15 is 0 Å². The van der Waals surface area contributed by atoms with Gasteiger partial charge in [-0.1, -0.05) is 11.6 Å². The second kappa shape index (κ2) is 6.81. The summed E-state index contributed by atoms with van der Waals surface area (Å²) in [7, 11) is 0. The largest absolute Gasteiger partial charge is 0.451 e. The zero-order valence-electron chi connectivity index (χ0n) is 11.7. The van der Waals surface area contributed by atoms with Crippen molar-refractivity contribution in [1.82, 2.24) is 5.32 Å². The van der Waals surface area contributed by atoms with Crippen LogP contribution in [0.2, 0.25) is 0 Å². The zero-order chi connectivity index (χ0) is 14.5. The number of carbonyl (C=O) groups excluding carboxylic acids is 1. The Kier molecular flexibility index (Phi) is 5.09. The second-order valence-corrected chi connectivity index (χ2v) is 5.70. The molecule has 1 aromatic carbocycles. The number of rotatable bonds is 6. The van der Waals surface area contributed by atoms with E-state index in [4.69, 9.17) is 9.52 Å². The topological polar surface area (TPSA) is 62.5 Å². The maximum atomic E-state index is 12.2. The summed E-state index contributed by atoms with van der Waals surface area (Å²) in [6.45, 7) is 2.06. The van der Waals surface area contributed by atoms with Crippen LogP contribution in [-0.4, -0.2) is 35.7 Å². The van der Waals surface area contributed by atoms with Crippen LogP contribution in [0, 0.1) is 6.92 Å². The molecule has 0 aliphatic carbocycles. The van der Waals surface area contributed by atoms with Gasteiger partial charge in [0.1, 0.15) is 5.58 Å². The van der Waals surface area contributed by atoms with Crippen molar-refractivity contribution < 1.29 is 14.3 Å². The number of aliphatic hydroxyl groups excluding tert-OH is 1. The minimum Gasteiger partial charge on any atom is -0.451 e. The predicted molar refractivity (Wildman–Crippen MR) is 82.3 cm³/mol. The van der Waals surface area contributed by atoms with Crippen LogP contribution in [0.4, 0.5) is 0 Å². The van der Waals surface area contributed by atoms with E-state index in [0.29, 0.717) is 17.8 Å². The van der Waals surface area contributed by atoms with Gasteiger partial charge in [0.25, 0.3) is 5.91 Å². The van der Waals surface area contributed by atoms with E-state index in [-0.39, 0.29) is 18.6 Å². The van der Waals surface area contributed by atoms with Crippen LogP contribution in [0.5, 0.6) is 0 Å². The van der Waals surface area contributed by atoms with Gasteiger partial charge in [0.05, 0.1) is 0 Å². The van der Waals surface area contributed by atoms with Crippen molar-refractivity contribution >= 4 is 28.6 Å². The number of aliphatic hydroxyl groups is 1. The van der Waals surface area contributed by atoms with Crippen molar-refractivity contribution in [3.05, 3.63) is 35.6 Å². The average molecular weight is 293 g/mol. The number of hydrogen-bond acceptors (Lipinski definition) is 4. The molecule has 0 saturated carbocycles. The van der Waals surface area contributed by atoms with Crippen LogP contribution < -0.4 is 5.32 Å². The quantitative estimate of drug-likeness (QED) is 0.859. The van der Waals surface area contributed by atoms with E-state index in [0.717, 1.165) is 16.7 Å². The molecule has 2 rings (SSSR count). The van der Waals surface area contributed by atoms with Crippen LogP contribution in [0.15, 0.2) is 28.7 Å². The second-order valence-electron chi connectivity index (χ2n) is 4.79. The average Bonchev–Trinajstić information content (AvgIpc) is 2.82. The first-order valence-corrected chi connectivity index (χ1v) is 7.94. The molecule has 20 heavy (non-hydrogen) atoms. The van der Waals surface area contributed by atoms with Gasteiger partial charge >= 0.3 is 0 Å². The fourth-order valence-corrected chi connectivity index (χ4v) is 2.74. The first-order chi connectivity index (χ1) is 9.63. The summed E-state index contributed by atoms with van der Waals surface area (Å²) in [6, 6.07) is 7.53. The summed E-state index contributed by atoms with van der Waals surface area (Å²) >= 11 is 1.64. The number of carbonyl (C=O) groups is 1. The highest BCUT2D eigenvalue weighted by Crippen LogP contribution is 2.20. The molecule has 0 spiro atoms. The van der Waals surface area contributed by atoms with E-state index in [9.17, 15) is 4.79 Å². The predicted octanol–water partition coefficient (Wildman–Crippen LogP) is 2.59. The minimum atomic E-state index is -0.230. The zero-order valence-corrected chi connectivity index (χ0v) is 12.5. The van der Waals surface area contributed by atoms with Crippen molar-refractivity contribution in [3.8, 4) is 0 Å². The molecule has 0 fully saturated rings. The van der Waals surface area contributed by atoms with Gasteiger partial charge in [-0.15, -0.1) is 0 Å². The van der Waals surface area contributed by atoms with E-state index in [1.54, 1.807) is 17.8 Å². The van der Waals surface area contributed by atoms with Crippen molar-refractivity contribution in [3.63, 3.8) is 0 Å². The lowest BCUT2D eigenvalue weighted by molar-refractivity contribution is 0.0909. The number of amides is 1. The molecule has 1 amide bonds. The van der Waals surface area contributed by atoms with Crippen LogP contribution in [-0.2, 0) is 0 Å². The highest BCUT2D eigenvalue weighted by atomic mass is 32.2. The smallest absolute Gasteiger partial charge is 0.287 e.